The Morgan fingerprint density at radius 3 is 2.29 bits per heavy atom. The molecule has 112 valence electrons. The van der Waals surface area contributed by atoms with Crippen molar-refractivity contribution in [3.8, 4) is 11.4 Å². The zero-order valence-electron chi connectivity index (χ0n) is 13.1. The van der Waals surface area contributed by atoms with Gasteiger partial charge in [-0.15, -0.1) is 0 Å². The predicted molar refractivity (Wildman–Crippen MR) is 82.3 cm³/mol. The van der Waals surface area contributed by atoms with Gasteiger partial charge in [0.05, 0.1) is 18.8 Å². The van der Waals surface area contributed by atoms with Crippen LogP contribution in [0.15, 0.2) is 30.3 Å². The third-order valence-corrected chi connectivity index (χ3v) is 3.30. The zero-order chi connectivity index (χ0) is 15.6. The van der Waals surface area contributed by atoms with Crippen molar-refractivity contribution >= 4 is 5.97 Å². The number of benzene rings is 1. The summed E-state index contributed by atoms with van der Waals surface area (Å²) in [5, 5.41) is 0. The number of ether oxygens (including phenoxy) is 2. The lowest BCUT2D eigenvalue weighted by molar-refractivity contribution is 0.0600. The van der Waals surface area contributed by atoms with Crippen molar-refractivity contribution in [1.29, 1.82) is 0 Å². The molecule has 0 aliphatic rings. The van der Waals surface area contributed by atoms with Gasteiger partial charge in [0.15, 0.2) is 0 Å². The average molecular weight is 287 g/mol. The van der Waals surface area contributed by atoms with Crippen molar-refractivity contribution in [1.82, 2.24) is 4.57 Å². The first-order valence-corrected chi connectivity index (χ1v) is 6.98. The number of methoxy groups -OCH3 is 1. The SMILES string of the molecule is COC(=O)c1cc(C)n(-c2ccc(OC(C)C)cc2)c1C. The number of esters is 1. The van der Waals surface area contributed by atoms with Gasteiger partial charge >= 0.3 is 5.97 Å². The van der Waals surface area contributed by atoms with Gasteiger partial charge in [0.25, 0.3) is 0 Å². The van der Waals surface area contributed by atoms with E-state index in [-0.39, 0.29) is 12.1 Å². The molecule has 0 unspecified atom stereocenters. The van der Waals surface area contributed by atoms with Gasteiger partial charge in [-0.1, -0.05) is 0 Å². The largest absolute Gasteiger partial charge is 0.491 e. The van der Waals surface area contributed by atoms with Crippen molar-refractivity contribution in [2.45, 2.75) is 33.8 Å². The topological polar surface area (TPSA) is 40.5 Å². The molecule has 0 aliphatic carbocycles. The van der Waals surface area contributed by atoms with E-state index in [1.807, 2.05) is 62.6 Å². The molecule has 2 rings (SSSR count). The summed E-state index contributed by atoms with van der Waals surface area (Å²) in [5.41, 5.74) is 3.45. The van der Waals surface area contributed by atoms with Crippen LogP contribution in [0.25, 0.3) is 5.69 Å². The Bertz CT molecular complexity index is 639. The third-order valence-electron chi connectivity index (χ3n) is 3.30. The molecule has 0 amide bonds. The van der Waals surface area contributed by atoms with E-state index < -0.39 is 0 Å². The van der Waals surface area contributed by atoms with Crippen LogP contribution in [0.2, 0.25) is 0 Å². The molecular formula is C17H21NO3. The van der Waals surface area contributed by atoms with E-state index in [2.05, 4.69) is 0 Å². The zero-order valence-corrected chi connectivity index (χ0v) is 13.1. The third kappa shape index (κ3) is 3.10. The van der Waals surface area contributed by atoms with E-state index in [1.54, 1.807) is 0 Å². The van der Waals surface area contributed by atoms with Crippen LogP contribution >= 0.6 is 0 Å². The number of carbonyl (C=O) groups excluding carboxylic acids is 1. The Hall–Kier alpha value is -2.23. The summed E-state index contributed by atoms with van der Waals surface area (Å²) in [4.78, 5) is 11.8. The molecule has 2 aromatic rings. The number of hydrogen-bond donors (Lipinski definition) is 0. The molecule has 0 saturated heterocycles. The lowest BCUT2D eigenvalue weighted by Gasteiger charge is -2.13. The maximum atomic E-state index is 11.8. The van der Waals surface area contributed by atoms with Gasteiger partial charge in [0.2, 0.25) is 0 Å². The molecule has 0 atom stereocenters. The summed E-state index contributed by atoms with van der Waals surface area (Å²) in [7, 11) is 1.40. The normalized spacial score (nSPS) is 10.8. The standard InChI is InChI=1S/C17H21NO3/c1-11(2)21-15-8-6-14(7-9-15)18-12(3)10-16(13(18)4)17(19)20-5/h6-11H,1-5H3. The minimum absolute atomic E-state index is 0.150. The van der Waals surface area contributed by atoms with Crippen LogP contribution in [0.3, 0.4) is 0 Å². The second kappa shape index (κ2) is 6.04. The molecule has 21 heavy (non-hydrogen) atoms. The average Bonchev–Trinajstić information content (AvgIpc) is 2.74. The van der Waals surface area contributed by atoms with Gasteiger partial charge in [0, 0.05) is 17.1 Å². The summed E-state index contributed by atoms with van der Waals surface area (Å²) in [6.07, 6.45) is 0.150. The maximum absolute atomic E-state index is 11.8. The van der Waals surface area contributed by atoms with E-state index in [4.69, 9.17) is 9.47 Å². The van der Waals surface area contributed by atoms with Crippen LogP contribution in [0.5, 0.6) is 5.75 Å². The number of rotatable bonds is 4. The molecule has 0 bridgehead atoms. The van der Waals surface area contributed by atoms with Crippen LogP contribution in [-0.2, 0) is 4.74 Å². The predicted octanol–water partition coefficient (Wildman–Crippen LogP) is 3.67. The molecule has 0 saturated carbocycles. The number of hydrogen-bond acceptors (Lipinski definition) is 3. The highest BCUT2D eigenvalue weighted by Crippen LogP contribution is 2.23. The minimum Gasteiger partial charge on any atom is -0.491 e. The molecule has 0 aliphatic heterocycles. The van der Waals surface area contributed by atoms with Crippen molar-refractivity contribution in [3.63, 3.8) is 0 Å². The molecule has 1 heterocycles. The molecule has 0 radical (unpaired) electrons. The van der Waals surface area contributed by atoms with Gasteiger partial charge in [-0.2, -0.15) is 0 Å². The van der Waals surface area contributed by atoms with E-state index in [9.17, 15) is 4.79 Å². The molecule has 1 aromatic carbocycles. The fourth-order valence-corrected chi connectivity index (χ4v) is 2.42. The fraction of sp³-hybridized carbons (Fsp3) is 0.353. The van der Waals surface area contributed by atoms with Gasteiger partial charge in [-0.05, 0) is 58.0 Å². The Kier molecular flexibility index (Phi) is 4.36. The molecule has 4 nitrogen and oxygen atoms in total. The van der Waals surface area contributed by atoms with Gasteiger partial charge in [-0.3, -0.25) is 0 Å². The van der Waals surface area contributed by atoms with Gasteiger partial charge in [0.1, 0.15) is 5.75 Å². The number of aryl methyl sites for hydroxylation is 1. The van der Waals surface area contributed by atoms with E-state index in [0.29, 0.717) is 5.56 Å². The molecule has 0 spiro atoms. The highest BCUT2D eigenvalue weighted by Gasteiger charge is 2.16. The van der Waals surface area contributed by atoms with Crippen molar-refractivity contribution in [2.24, 2.45) is 0 Å². The first-order chi connectivity index (χ1) is 9.93. The molecule has 4 heteroatoms. The highest BCUT2D eigenvalue weighted by molar-refractivity contribution is 5.91. The highest BCUT2D eigenvalue weighted by atomic mass is 16.5. The first kappa shape index (κ1) is 15.2. The molecular weight excluding hydrogens is 266 g/mol. The Labute approximate surface area is 125 Å². The summed E-state index contributed by atoms with van der Waals surface area (Å²) in [5.74, 6) is 0.526. The van der Waals surface area contributed by atoms with Crippen molar-refractivity contribution in [2.75, 3.05) is 7.11 Å². The number of carbonyl (C=O) groups is 1. The quantitative estimate of drug-likeness (QED) is 0.806. The lowest BCUT2D eigenvalue weighted by atomic mass is 10.2. The Balaban J connectivity index is 2.38. The second-order valence-corrected chi connectivity index (χ2v) is 5.27. The van der Waals surface area contributed by atoms with Crippen LogP contribution in [-0.4, -0.2) is 23.8 Å². The summed E-state index contributed by atoms with van der Waals surface area (Å²) < 4.78 is 12.5. The van der Waals surface area contributed by atoms with Crippen LogP contribution in [0.1, 0.15) is 35.6 Å². The van der Waals surface area contributed by atoms with Crippen molar-refractivity contribution in [3.05, 3.63) is 47.3 Å². The molecule has 1 aromatic heterocycles. The number of aromatic nitrogens is 1. The van der Waals surface area contributed by atoms with Crippen LogP contribution in [0, 0.1) is 13.8 Å². The maximum Gasteiger partial charge on any atom is 0.339 e. The summed E-state index contributed by atoms with van der Waals surface area (Å²) in [6.45, 7) is 7.88. The molecule has 0 N–H and O–H groups in total. The smallest absolute Gasteiger partial charge is 0.339 e. The molecule has 0 fully saturated rings. The van der Waals surface area contributed by atoms with E-state index >= 15 is 0 Å². The minimum atomic E-state index is -0.311. The van der Waals surface area contributed by atoms with Crippen LogP contribution < -0.4 is 4.74 Å². The van der Waals surface area contributed by atoms with E-state index in [1.165, 1.54) is 7.11 Å². The van der Waals surface area contributed by atoms with Gasteiger partial charge in [-0.25, -0.2) is 4.79 Å². The Morgan fingerprint density at radius 2 is 1.76 bits per heavy atom. The first-order valence-electron chi connectivity index (χ1n) is 6.98. The summed E-state index contributed by atoms with van der Waals surface area (Å²) >= 11 is 0. The lowest BCUT2D eigenvalue weighted by Crippen LogP contribution is -2.06. The van der Waals surface area contributed by atoms with Gasteiger partial charge < -0.3 is 14.0 Å². The summed E-state index contributed by atoms with van der Waals surface area (Å²) in [6, 6.07) is 9.69. The monoisotopic (exact) mass is 287 g/mol. The van der Waals surface area contributed by atoms with Crippen molar-refractivity contribution < 1.29 is 14.3 Å². The fourth-order valence-electron chi connectivity index (χ4n) is 2.42. The van der Waals surface area contributed by atoms with Crippen LogP contribution in [0.4, 0.5) is 0 Å². The number of nitrogens with zero attached hydrogens (tertiary/aromatic N) is 1. The second-order valence-electron chi connectivity index (χ2n) is 5.27. The Morgan fingerprint density at radius 1 is 1.14 bits per heavy atom. The van der Waals surface area contributed by atoms with E-state index in [0.717, 1.165) is 22.8 Å².